The highest BCUT2D eigenvalue weighted by Crippen LogP contribution is 2.23. The van der Waals surface area contributed by atoms with Crippen LogP contribution in [0.4, 0.5) is 5.69 Å². The van der Waals surface area contributed by atoms with E-state index in [0.717, 1.165) is 0 Å². The van der Waals surface area contributed by atoms with Crippen LogP contribution in [-0.4, -0.2) is 16.6 Å². The van der Waals surface area contributed by atoms with Crippen molar-refractivity contribution in [2.24, 2.45) is 0 Å². The number of benzene rings is 1. The van der Waals surface area contributed by atoms with Crippen LogP contribution in [-0.2, 0) is 0 Å². The maximum atomic E-state index is 10.5. The Balaban J connectivity index is 3.26. The number of hydrogen-bond donors (Lipinski definition) is 1. The summed E-state index contributed by atoms with van der Waals surface area (Å²) < 4.78 is 0. The third kappa shape index (κ3) is 2.30. The van der Waals surface area contributed by atoms with Gasteiger partial charge in [0.1, 0.15) is 0 Å². The van der Waals surface area contributed by atoms with Gasteiger partial charge in [-0.25, -0.2) is 0 Å². The lowest BCUT2D eigenvalue weighted by molar-refractivity contribution is -0.384. The molecule has 0 bridgehead atoms. The minimum atomic E-state index is -0.547. The number of nitrogens with zero attached hydrogens (tertiary/aromatic N) is 2. The van der Waals surface area contributed by atoms with Crippen molar-refractivity contribution >= 4 is 5.69 Å². The molecule has 15 heavy (non-hydrogen) atoms. The zero-order chi connectivity index (χ0) is 11.4. The Kier molecular flexibility index (Phi) is 3.37. The molecule has 0 saturated heterocycles. The zero-order valence-corrected chi connectivity index (χ0v) is 7.88. The van der Waals surface area contributed by atoms with Gasteiger partial charge in [0.25, 0.3) is 5.69 Å². The van der Waals surface area contributed by atoms with Crippen molar-refractivity contribution in [3.8, 4) is 6.07 Å². The van der Waals surface area contributed by atoms with Gasteiger partial charge >= 0.3 is 0 Å². The second-order valence-corrected chi connectivity index (χ2v) is 3.02. The van der Waals surface area contributed by atoms with Crippen LogP contribution in [0.1, 0.15) is 17.0 Å². The molecule has 0 heterocycles. The molecular weight excluding hydrogens is 196 g/mol. The average molecular weight is 205 g/mol. The Morgan fingerprint density at radius 1 is 1.67 bits per heavy atom. The van der Waals surface area contributed by atoms with Crippen molar-refractivity contribution in [1.29, 1.82) is 5.26 Å². The van der Waals surface area contributed by atoms with Crippen LogP contribution in [0.15, 0.2) is 18.2 Å². The molecule has 0 aliphatic rings. The molecule has 5 nitrogen and oxygen atoms in total. The predicted octanol–water partition coefficient (Wildman–Crippen LogP) is 1.38. The molecule has 5 heteroatoms. The summed E-state index contributed by atoms with van der Waals surface area (Å²) in [5.74, 6) is -0.528. The van der Waals surface area contributed by atoms with Gasteiger partial charge in [0.2, 0.25) is 0 Å². The van der Waals surface area contributed by atoms with Crippen molar-refractivity contribution in [1.82, 2.24) is 0 Å². The summed E-state index contributed by atoms with van der Waals surface area (Å²) in [5.41, 5.74) is 0.593. The minimum absolute atomic E-state index is 0.105. The summed E-state index contributed by atoms with van der Waals surface area (Å²) in [4.78, 5) is 9.96. The Bertz CT molecular complexity index is 423. The number of rotatable bonds is 3. The fourth-order valence-electron chi connectivity index (χ4n) is 1.20. The van der Waals surface area contributed by atoms with Gasteiger partial charge in [-0.2, -0.15) is 5.26 Å². The van der Waals surface area contributed by atoms with Crippen molar-refractivity contribution < 1.29 is 10.0 Å². The molecule has 0 amide bonds. The number of nitro groups is 1. The van der Waals surface area contributed by atoms with E-state index in [1.807, 2.05) is 6.07 Å². The second-order valence-electron chi connectivity index (χ2n) is 3.02. The van der Waals surface area contributed by atoms with Crippen LogP contribution in [0.25, 0.3) is 0 Å². The Morgan fingerprint density at radius 2 is 2.33 bits per heavy atom. The summed E-state index contributed by atoms with van der Waals surface area (Å²) >= 11 is 0. The number of hydrogen-bond acceptors (Lipinski definition) is 4. The summed E-state index contributed by atoms with van der Waals surface area (Å²) in [6, 6.07) is 5.79. The lowest BCUT2D eigenvalue weighted by atomic mass is 9.96. The molecule has 1 radical (unpaired) electrons. The van der Waals surface area contributed by atoms with Crippen molar-refractivity contribution in [2.45, 2.75) is 5.92 Å². The van der Waals surface area contributed by atoms with E-state index in [-0.39, 0.29) is 12.3 Å². The first kappa shape index (κ1) is 11.1. The number of non-ortho nitro benzene ring substituents is 1. The highest BCUT2D eigenvalue weighted by molar-refractivity contribution is 5.47. The molecule has 1 aromatic rings. The van der Waals surface area contributed by atoms with E-state index in [2.05, 4.69) is 6.92 Å². The zero-order valence-electron chi connectivity index (χ0n) is 7.88. The Hall–Kier alpha value is -1.93. The molecule has 0 aliphatic heterocycles. The van der Waals surface area contributed by atoms with Crippen molar-refractivity contribution in [3.63, 3.8) is 0 Å². The molecule has 0 aliphatic carbocycles. The molecule has 0 spiro atoms. The summed E-state index contributed by atoms with van der Waals surface area (Å²) in [7, 11) is 0. The van der Waals surface area contributed by atoms with Crippen LogP contribution in [0.3, 0.4) is 0 Å². The van der Waals surface area contributed by atoms with Crippen LogP contribution >= 0.6 is 0 Å². The van der Waals surface area contributed by atoms with E-state index in [9.17, 15) is 10.1 Å². The van der Waals surface area contributed by atoms with Crippen molar-refractivity contribution in [2.75, 3.05) is 6.61 Å². The van der Waals surface area contributed by atoms with Gasteiger partial charge in [-0.05, 0) is 18.6 Å². The van der Waals surface area contributed by atoms with Gasteiger partial charge < -0.3 is 5.11 Å². The van der Waals surface area contributed by atoms with Gasteiger partial charge in [-0.15, -0.1) is 0 Å². The normalized spacial score (nSPS) is 11.8. The van der Waals surface area contributed by atoms with Crippen LogP contribution < -0.4 is 0 Å². The molecule has 1 N–H and O–H groups in total. The van der Waals surface area contributed by atoms with E-state index in [1.54, 1.807) is 0 Å². The minimum Gasteiger partial charge on any atom is -0.396 e. The number of aliphatic hydroxyl groups excluding tert-OH is 1. The number of aliphatic hydroxyl groups is 1. The van der Waals surface area contributed by atoms with Gasteiger partial charge in [-0.1, -0.05) is 0 Å². The first-order chi connectivity index (χ1) is 7.10. The van der Waals surface area contributed by atoms with Gasteiger partial charge in [0.05, 0.1) is 16.6 Å². The average Bonchev–Trinajstić information content (AvgIpc) is 2.27. The molecule has 0 fully saturated rings. The maximum Gasteiger partial charge on any atom is 0.269 e. The molecule has 1 rings (SSSR count). The summed E-state index contributed by atoms with van der Waals surface area (Å²) in [5, 5.41) is 28.2. The molecule has 77 valence electrons. The second kappa shape index (κ2) is 4.53. The van der Waals surface area contributed by atoms with E-state index >= 15 is 0 Å². The number of nitro benzene ring substituents is 1. The third-order valence-electron chi connectivity index (χ3n) is 2.03. The van der Waals surface area contributed by atoms with E-state index in [4.69, 9.17) is 10.4 Å². The Labute approximate surface area is 86.7 Å². The van der Waals surface area contributed by atoms with Crippen LogP contribution in [0.5, 0.6) is 0 Å². The molecule has 0 saturated carbocycles. The van der Waals surface area contributed by atoms with E-state index in [0.29, 0.717) is 11.1 Å². The molecule has 1 atom stereocenters. The SMILES string of the molecule is [CH2]C(CO)c1cc([N+](=O)[O-])ccc1C#N. The van der Waals surface area contributed by atoms with E-state index in [1.165, 1.54) is 18.2 Å². The number of nitriles is 1. The fourth-order valence-corrected chi connectivity index (χ4v) is 1.20. The highest BCUT2D eigenvalue weighted by Gasteiger charge is 2.14. The highest BCUT2D eigenvalue weighted by atomic mass is 16.6. The quantitative estimate of drug-likeness (QED) is 0.596. The molecule has 1 aromatic carbocycles. The first-order valence-electron chi connectivity index (χ1n) is 4.22. The van der Waals surface area contributed by atoms with Gasteiger partial charge in [-0.3, -0.25) is 10.1 Å². The van der Waals surface area contributed by atoms with E-state index < -0.39 is 10.8 Å². The molecule has 0 aromatic heterocycles. The summed E-state index contributed by atoms with van der Waals surface area (Å²) in [6.07, 6.45) is 0. The lowest BCUT2D eigenvalue weighted by Crippen LogP contribution is -2.03. The van der Waals surface area contributed by atoms with Crippen molar-refractivity contribution in [3.05, 3.63) is 46.4 Å². The van der Waals surface area contributed by atoms with Gasteiger partial charge in [0.15, 0.2) is 0 Å². The topological polar surface area (TPSA) is 87.2 Å². The van der Waals surface area contributed by atoms with Crippen LogP contribution in [0.2, 0.25) is 0 Å². The molecular formula is C10H9N2O3. The lowest BCUT2D eigenvalue weighted by Gasteiger charge is -2.09. The fraction of sp³-hybridized carbons (Fsp3) is 0.200. The summed E-state index contributed by atoms with van der Waals surface area (Å²) in [6.45, 7) is 3.36. The van der Waals surface area contributed by atoms with Gasteiger partial charge in [0, 0.05) is 24.7 Å². The largest absolute Gasteiger partial charge is 0.396 e. The molecule has 1 unspecified atom stereocenters. The Morgan fingerprint density at radius 3 is 2.80 bits per heavy atom. The smallest absolute Gasteiger partial charge is 0.269 e. The predicted molar refractivity (Wildman–Crippen MR) is 53.0 cm³/mol. The first-order valence-corrected chi connectivity index (χ1v) is 4.22. The standard InChI is InChI=1S/C10H9N2O3/c1-7(6-13)10-4-9(12(14)15)3-2-8(10)5-11/h2-4,7,13H,1,6H2. The third-order valence-corrected chi connectivity index (χ3v) is 2.03. The monoisotopic (exact) mass is 205 g/mol. The van der Waals surface area contributed by atoms with Crippen LogP contribution in [0, 0.1) is 28.4 Å². The maximum absolute atomic E-state index is 10.5.